The van der Waals surface area contributed by atoms with Gasteiger partial charge >= 0.3 is 0 Å². The Morgan fingerprint density at radius 3 is 0.891 bits per heavy atom. The molecule has 0 aliphatic heterocycles. The lowest BCUT2D eigenvalue weighted by Crippen LogP contribution is -2.29. The second kappa shape index (κ2) is 32.2. The summed E-state index contributed by atoms with van der Waals surface area (Å²) in [5, 5.41) is 0. The van der Waals surface area contributed by atoms with Crippen molar-refractivity contribution in [2.24, 2.45) is 59.2 Å². The highest BCUT2D eigenvalue weighted by atomic mass is 14.4. The van der Waals surface area contributed by atoms with Gasteiger partial charge in [0, 0.05) is 0 Å². The molecule has 5 rings (SSSR count). The molecule has 0 heterocycles. The fraction of sp³-hybridized carbons (Fsp3) is 1.00. The first-order valence-corrected chi connectivity index (χ1v) is 22.3. The van der Waals surface area contributed by atoms with E-state index in [1.54, 1.807) is 44.9 Å². The highest BCUT2D eigenvalue weighted by molar-refractivity contribution is 4.84. The van der Waals surface area contributed by atoms with Crippen LogP contribution < -0.4 is 0 Å². The normalized spacial score (nSPS) is 34.7. The predicted molar refractivity (Wildman–Crippen MR) is 216 cm³/mol. The predicted octanol–water partition coefficient (Wildman–Crippen LogP) is 17.0. The Hall–Kier alpha value is 0. The van der Waals surface area contributed by atoms with E-state index in [2.05, 4.69) is 41.5 Å². The number of hydrogen-bond donors (Lipinski definition) is 0. The molecule has 0 aromatic rings. The lowest BCUT2D eigenvalue weighted by Gasteiger charge is -2.40. The van der Waals surface area contributed by atoms with Crippen LogP contribution in [0.2, 0.25) is 0 Å². The van der Waals surface area contributed by atoms with Gasteiger partial charge in [0.25, 0.3) is 0 Å². The second-order valence-electron chi connectivity index (χ2n) is 16.2. The van der Waals surface area contributed by atoms with Crippen LogP contribution in [0.3, 0.4) is 0 Å². The van der Waals surface area contributed by atoms with E-state index in [-0.39, 0.29) is 0 Å². The van der Waals surface area contributed by atoms with Crippen LogP contribution >= 0.6 is 0 Å². The molecule has 0 aromatic carbocycles. The van der Waals surface area contributed by atoms with Crippen LogP contribution in [0.25, 0.3) is 0 Å². The molecule has 0 nitrogen and oxygen atoms in total. The van der Waals surface area contributed by atoms with Crippen molar-refractivity contribution in [3.8, 4) is 0 Å². The first-order chi connectivity index (χ1) is 22.3. The van der Waals surface area contributed by atoms with E-state index in [1.165, 1.54) is 96.3 Å². The maximum absolute atomic E-state index is 2.54. The molecule has 5 fully saturated rings. The average Bonchev–Trinajstić information content (AvgIpc) is 3.10. The van der Waals surface area contributed by atoms with Crippen molar-refractivity contribution < 1.29 is 0 Å². The van der Waals surface area contributed by atoms with Crippen LogP contribution in [0.15, 0.2) is 0 Å². The fourth-order valence-corrected chi connectivity index (χ4v) is 9.00. The summed E-state index contributed by atoms with van der Waals surface area (Å²) in [4.78, 5) is 0. The Kier molecular flexibility index (Phi) is 33.7. The smallest absolute Gasteiger partial charge is 0.0381 e. The summed E-state index contributed by atoms with van der Waals surface area (Å²) >= 11 is 0. The van der Waals surface area contributed by atoms with E-state index in [9.17, 15) is 0 Å². The molecular formula is C46H96. The molecule has 0 aromatic heterocycles. The monoisotopic (exact) mass is 649 g/mol. The van der Waals surface area contributed by atoms with Crippen LogP contribution in [0.1, 0.15) is 238 Å². The van der Waals surface area contributed by atoms with Crippen molar-refractivity contribution in [2.45, 2.75) is 238 Å². The lowest BCUT2D eigenvalue weighted by molar-refractivity contribution is 0.109. The van der Waals surface area contributed by atoms with E-state index in [4.69, 9.17) is 0 Å². The van der Waals surface area contributed by atoms with Crippen molar-refractivity contribution in [1.82, 2.24) is 0 Å². The molecule has 280 valence electrons. The molecule has 1 unspecified atom stereocenters. The molecule has 0 N–H and O–H groups in total. The Morgan fingerprint density at radius 2 is 0.522 bits per heavy atom. The molecular weight excluding hydrogens is 553 g/mol. The van der Waals surface area contributed by atoms with Gasteiger partial charge in [-0.25, -0.2) is 0 Å². The molecule has 0 bridgehead atoms. The summed E-state index contributed by atoms with van der Waals surface area (Å²) in [6.45, 7) is 30.5. The van der Waals surface area contributed by atoms with E-state index in [0.717, 1.165) is 59.2 Å². The topological polar surface area (TPSA) is 0 Å². The Morgan fingerprint density at radius 1 is 0.217 bits per heavy atom. The van der Waals surface area contributed by atoms with Crippen molar-refractivity contribution in [3.63, 3.8) is 0 Å². The first kappa shape index (κ1) is 48.1. The standard InChI is InChI=1S/C22H40.2C8H16.4C2H6/c1-17-11-13-20(14-12-17)21-10-6-7-18(2)15-22(16-21)19-8-4-3-5-9-19;2*1-7-3-5-8(2)6-4-7;4*1-2/h17-22H,3-16H2,1-2H3;2*7-8H,3-6H2,1-2H3;4*1-2H3/t17?,18?,20?,21-,22+;;;;;;/m0....../s1. The van der Waals surface area contributed by atoms with Crippen molar-refractivity contribution in [1.29, 1.82) is 0 Å². The van der Waals surface area contributed by atoms with Crippen LogP contribution in [0.4, 0.5) is 0 Å². The summed E-state index contributed by atoms with van der Waals surface area (Å²) < 4.78 is 0. The van der Waals surface area contributed by atoms with Gasteiger partial charge in [0.05, 0.1) is 0 Å². The lowest BCUT2D eigenvalue weighted by atomic mass is 9.65. The third kappa shape index (κ3) is 22.6. The molecule has 3 atom stereocenters. The Labute approximate surface area is 296 Å². The van der Waals surface area contributed by atoms with E-state index in [1.807, 2.05) is 55.4 Å². The maximum Gasteiger partial charge on any atom is -0.0381 e. The summed E-state index contributed by atoms with van der Waals surface area (Å²) in [7, 11) is 0. The van der Waals surface area contributed by atoms with Gasteiger partial charge in [-0.2, -0.15) is 0 Å². The third-order valence-electron chi connectivity index (χ3n) is 12.2. The summed E-state index contributed by atoms with van der Waals surface area (Å²) in [6, 6.07) is 0. The molecule has 0 amide bonds. The van der Waals surface area contributed by atoms with Gasteiger partial charge in [-0.3, -0.25) is 0 Å². The second-order valence-corrected chi connectivity index (χ2v) is 16.2. The highest BCUT2D eigenvalue weighted by Crippen LogP contribution is 2.45. The molecule has 0 radical (unpaired) electrons. The first-order valence-electron chi connectivity index (χ1n) is 22.3. The minimum Gasteiger partial charge on any atom is -0.0683 e. The van der Waals surface area contributed by atoms with Gasteiger partial charge in [-0.15, -0.1) is 0 Å². The molecule has 46 heavy (non-hydrogen) atoms. The number of rotatable bonds is 2. The SMILES string of the molecule is CC.CC.CC.CC.CC1CCC(C)CC1.CC1CCC(C)CC1.CC1CCC([C@H]2CCCC(C)C[C@@H](C3CCCCC3)C2)CC1. The quantitative estimate of drug-likeness (QED) is 0.279. The van der Waals surface area contributed by atoms with Crippen LogP contribution in [0.5, 0.6) is 0 Å². The van der Waals surface area contributed by atoms with Crippen molar-refractivity contribution in [2.75, 3.05) is 0 Å². The molecule has 0 saturated heterocycles. The third-order valence-corrected chi connectivity index (χ3v) is 12.2. The zero-order valence-corrected chi connectivity index (χ0v) is 35.3. The zero-order chi connectivity index (χ0) is 35.3. The van der Waals surface area contributed by atoms with Gasteiger partial charge in [0.1, 0.15) is 0 Å². The van der Waals surface area contributed by atoms with Gasteiger partial charge in [0.2, 0.25) is 0 Å². The minimum absolute atomic E-state index is 0.999. The van der Waals surface area contributed by atoms with Crippen molar-refractivity contribution in [3.05, 3.63) is 0 Å². The molecule has 0 spiro atoms. The van der Waals surface area contributed by atoms with E-state index in [0.29, 0.717) is 0 Å². The number of hydrogen-bond acceptors (Lipinski definition) is 0. The summed E-state index contributed by atoms with van der Waals surface area (Å²) in [6.07, 6.45) is 33.4. The average molecular weight is 649 g/mol. The van der Waals surface area contributed by atoms with E-state index < -0.39 is 0 Å². The van der Waals surface area contributed by atoms with Gasteiger partial charge < -0.3 is 0 Å². The van der Waals surface area contributed by atoms with Gasteiger partial charge in [-0.1, -0.05) is 213 Å². The van der Waals surface area contributed by atoms with Crippen molar-refractivity contribution >= 4 is 0 Å². The van der Waals surface area contributed by atoms with Gasteiger partial charge in [0.15, 0.2) is 0 Å². The molecule has 5 aliphatic carbocycles. The van der Waals surface area contributed by atoms with Crippen LogP contribution in [-0.4, -0.2) is 0 Å². The highest BCUT2D eigenvalue weighted by Gasteiger charge is 2.33. The van der Waals surface area contributed by atoms with Crippen LogP contribution in [0, 0.1) is 59.2 Å². The maximum atomic E-state index is 2.54. The van der Waals surface area contributed by atoms with Gasteiger partial charge in [-0.05, 0) is 84.9 Å². The molecule has 5 aliphatic rings. The van der Waals surface area contributed by atoms with E-state index >= 15 is 0 Å². The van der Waals surface area contributed by atoms with Crippen LogP contribution in [-0.2, 0) is 0 Å². The molecule has 0 heteroatoms. The summed E-state index contributed by atoms with van der Waals surface area (Å²) in [5.41, 5.74) is 0. The summed E-state index contributed by atoms with van der Waals surface area (Å²) in [5.74, 6) is 10.5. The Bertz CT molecular complexity index is 523. The largest absolute Gasteiger partial charge is 0.0683 e. The fourth-order valence-electron chi connectivity index (χ4n) is 9.00. The Balaban J connectivity index is 0. The molecule has 5 saturated carbocycles. The zero-order valence-electron chi connectivity index (χ0n) is 35.3. The minimum atomic E-state index is 0.999.